The van der Waals surface area contributed by atoms with E-state index in [9.17, 15) is 4.79 Å². The summed E-state index contributed by atoms with van der Waals surface area (Å²) in [5.74, 6) is 0.0209. The van der Waals surface area contributed by atoms with Crippen molar-refractivity contribution in [3.63, 3.8) is 0 Å². The fourth-order valence-corrected chi connectivity index (χ4v) is 3.77. The van der Waals surface area contributed by atoms with E-state index in [1.54, 1.807) is 23.3 Å². The third kappa shape index (κ3) is 2.88. The molecule has 132 valence electrons. The molecule has 5 nitrogen and oxygen atoms in total. The monoisotopic (exact) mass is 366 g/mol. The van der Waals surface area contributed by atoms with Crippen molar-refractivity contribution in [2.24, 2.45) is 7.05 Å². The van der Waals surface area contributed by atoms with Crippen molar-refractivity contribution in [1.82, 2.24) is 14.8 Å². The number of halogens is 1. The van der Waals surface area contributed by atoms with Gasteiger partial charge < -0.3 is 4.90 Å². The molecule has 3 aromatic rings. The second-order valence-electron chi connectivity index (χ2n) is 6.62. The number of carbonyl (C=O) groups is 1. The van der Waals surface area contributed by atoms with Gasteiger partial charge in [-0.25, -0.2) is 0 Å². The van der Waals surface area contributed by atoms with Crippen LogP contribution in [0.3, 0.4) is 0 Å². The number of anilines is 1. The molecular formula is C20H19ClN4O. The van der Waals surface area contributed by atoms with Gasteiger partial charge in [-0.2, -0.15) is 5.10 Å². The van der Waals surface area contributed by atoms with Crippen LogP contribution in [0.1, 0.15) is 27.9 Å². The summed E-state index contributed by atoms with van der Waals surface area (Å²) in [5.41, 5.74) is 5.49. The van der Waals surface area contributed by atoms with Gasteiger partial charge in [0.2, 0.25) is 0 Å². The van der Waals surface area contributed by atoms with Crippen LogP contribution >= 0.6 is 11.6 Å². The molecule has 0 saturated heterocycles. The molecule has 0 fully saturated rings. The Bertz CT molecular complexity index is 976. The Kier molecular flexibility index (Phi) is 4.24. The number of amides is 1. The van der Waals surface area contributed by atoms with Crippen LogP contribution in [-0.4, -0.2) is 27.2 Å². The van der Waals surface area contributed by atoms with E-state index in [1.165, 1.54) is 5.56 Å². The van der Waals surface area contributed by atoms with Gasteiger partial charge >= 0.3 is 0 Å². The first-order valence-corrected chi connectivity index (χ1v) is 8.96. The normalized spacial score (nSPS) is 14.3. The van der Waals surface area contributed by atoms with Crippen molar-refractivity contribution in [3.8, 4) is 11.3 Å². The lowest BCUT2D eigenvalue weighted by Gasteiger charge is -2.21. The molecule has 0 aliphatic carbocycles. The number of carbonyl (C=O) groups excluding carboxylic acids is 1. The van der Waals surface area contributed by atoms with E-state index in [-0.39, 0.29) is 5.91 Å². The number of hydrogen-bond donors (Lipinski definition) is 0. The number of aromatic nitrogens is 3. The molecule has 0 saturated carbocycles. The number of fused-ring (bicyclic) bond motifs is 1. The van der Waals surface area contributed by atoms with Crippen LogP contribution in [0.2, 0.25) is 5.02 Å². The van der Waals surface area contributed by atoms with Gasteiger partial charge in [-0.1, -0.05) is 29.3 Å². The van der Waals surface area contributed by atoms with Crippen molar-refractivity contribution < 1.29 is 4.79 Å². The third-order valence-electron chi connectivity index (χ3n) is 4.77. The number of rotatable bonds is 2. The Balaban J connectivity index is 1.75. The SMILES string of the molecule is Cc1ccc2c(c1)CCCN(c1cncc(-c3c(Cl)cnn3C)c1)C2=O. The Morgan fingerprint density at radius 3 is 2.77 bits per heavy atom. The molecule has 1 aromatic carbocycles. The van der Waals surface area contributed by atoms with Gasteiger partial charge in [-0.3, -0.25) is 14.5 Å². The van der Waals surface area contributed by atoms with Crippen LogP contribution in [0.25, 0.3) is 11.3 Å². The molecule has 1 amide bonds. The highest BCUT2D eigenvalue weighted by Gasteiger charge is 2.24. The quantitative estimate of drug-likeness (QED) is 0.687. The van der Waals surface area contributed by atoms with Crippen LogP contribution in [0.15, 0.2) is 42.9 Å². The largest absolute Gasteiger partial charge is 0.307 e. The number of nitrogens with zero attached hydrogens (tertiary/aromatic N) is 4. The fourth-order valence-electron chi connectivity index (χ4n) is 3.50. The Hall–Kier alpha value is -2.66. The predicted molar refractivity (Wildman–Crippen MR) is 103 cm³/mol. The van der Waals surface area contributed by atoms with Gasteiger partial charge in [-0.05, 0) is 37.5 Å². The van der Waals surface area contributed by atoms with Crippen molar-refractivity contribution in [2.75, 3.05) is 11.4 Å². The zero-order valence-electron chi connectivity index (χ0n) is 14.7. The van der Waals surface area contributed by atoms with Gasteiger partial charge in [0.1, 0.15) is 0 Å². The molecule has 0 radical (unpaired) electrons. The van der Waals surface area contributed by atoms with Crippen molar-refractivity contribution >= 4 is 23.2 Å². The van der Waals surface area contributed by atoms with E-state index in [0.29, 0.717) is 11.6 Å². The first kappa shape index (κ1) is 16.8. The highest BCUT2D eigenvalue weighted by Crippen LogP contribution is 2.31. The van der Waals surface area contributed by atoms with Gasteiger partial charge in [0.25, 0.3) is 5.91 Å². The third-order valence-corrected chi connectivity index (χ3v) is 5.04. The summed E-state index contributed by atoms with van der Waals surface area (Å²) < 4.78 is 1.71. The van der Waals surface area contributed by atoms with E-state index in [4.69, 9.17) is 11.6 Å². The standard InChI is InChI=1S/C20H19ClN4O/c1-13-5-6-17-14(8-13)4-3-7-25(20(17)26)16-9-15(10-22-11-16)19-18(21)12-23-24(19)2/h5-6,8-12H,3-4,7H2,1-2H3. The van der Waals surface area contributed by atoms with Crippen LogP contribution < -0.4 is 4.90 Å². The zero-order chi connectivity index (χ0) is 18.3. The first-order chi connectivity index (χ1) is 12.5. The maximum Gasteiger partial charge on any atom is 0.258 e. The van der Waals surface area contributed by atoms with Crippen LogP contribution in [0.5, 0.6) is 0 Å². The molecule has 0 N–H and O–H groups in total. The highest BCUT2D eigenvalue weighted by molar-refractivity contribution is 6.33. The number of hydrogen-bond acceptors (Lipinski definition) is 3. The lowest BCUT2D eigenvalue weighted by atomic mass is 10.0. The van der Waals surface area contributed by atoms with E-state index >= 15 is 0 Å². The molecule has 1 aliphatic rings. The molecule has 1 aliphatic heterocycles. The molecular weight excluding hydrogens is 348 g/mol. The second kappa shape index (κ2) is 6.57. The van der Waals surface area contributed by atoms with Crippen LogP contribution in [0, 0.1) is 6.92 Å². The number of pyridine rings is 1. The maximum absolute atomic E-state index is 13.1. The predicted octanol–water partition coefficient (Wildman–Crippen LogP) is 4.04. The van der Waals surface area contributed by atoms with Gasteiger partial charge in [-0.15, -0.1) is 0 Å². The summed E-state index contributed by atoms with van der Waals surface area (Å²) in [6.45, 7) is 2.72. The maximum atomic E-state index is 13.1. The average Bonchev–Trinajstić information content (AvgIpc) is 2.87. The molecule has 6 heteroatoms. The minimum absolute atomic E-state index is 0.0209. The molecule has 0 unspecified atom stereocenters. The molecule has 26 heavy (non-hydrogen) atoms. The topological polar surface area (TPSA) is 51.0 Å². The van der Waals surface area contributed by atoms with Crippen LogP contribution in [0.4, 0.5) is 5.69 Å². The van der Waals surface area contributed by atoms with Gasteiger partial charge in [0, 0.05) is 30.9 Å². The van der Waals surface area contributed by atoms with E-state index in [0.717, 1.165) is 40.9 Å². The molecule has 3 heterocycles. The summed E-state index contributed by atoms with van der Waals surface area (Å²) >= 11 is 6.26. The Morgan fingerprint density at radius 2 is 2.00 bits per heavy atom. The Morgan fingerprint density at radius 1 is 1.15 bits per heavy atom. The summed E-state index contributed by atoms with van der Waals surface area (Å²) in [6, 6.07) is 7.98. The van der Waals surface area contributed by atoms with Crippen molar-refractivity contribution in [2.45, 2.75) is 19.8 Å². The molecule has 0 bridgehead atoms. The summed E-state index contributed by atoms with van der Waals surface area (Å²) in [7, 11) is 1.84. The number of benzene rings is 1. The van der Waals surface area contributed by atoms with Crippen molar-refractivity contribution in [1.29, 1.82) is 0 Å². The minimum atomic E-state index is 0.0209. The smallest absolute Gasteiger partial charge is 0.258 e. The molecule has 0 atom stereocenters. The molecule has 0 spiro atoms. The van der Waals surface area contributed by atoms with Crippen LogP contribution in [-0.2, 0) is 13.5 Å². The van der Waals surface area contributed by atoms with E-state index in [1.807, 2.05) is 30.1 Å². The van der Waals surface area contributed by atoms with E-state index < -0.39 is 0 Å². The lowest BCUT2D eigenvalue weighted by molar-refractivity contribution is 0.0988. The molecule has 2 aromatic heterocycles. The average molecular weight is 367 g/mol. The highest BCUT2D eigenvalue weighted by atomic mass is 35.5. The molecule has 4 rings (SSSR count). The lowest BCUT2D eigenvalue weighted by Crippen LogP contribution is -2.30. The van der Waals surface area contributed by atoms with Gasteiger partial charge in [0.15, 0.2) is 0 Å². The second-order valence-corrected chi connectivity index (χ2v) is 7.02. The zero-order valence-corrected chi connectivity index (χ0v) is 15.5. The number of aryl methyl sites for hydroxylation is 3. The Labute approximate surface area is 157 Å². The summed E-state index contributed by atoms with van der Waals surface area (Å²) in [6.07, 6.45) is 6.90. The van der Waals surface area contributed by atoms with E-state index in [2.05, 4.69) is 23.1 Å². The summed E-state index contributed by atoms with van der Waals surface area (Å²) in [5, 5.41) is 4.74. The first-order valence-electron chi connectivity index (χ1n) is 8.59. The van der Waals surface area contributed by atoms with Crippen molar-refractivity contribution in [3.05, 3.63) is 64.6 Å². The minimum Gasteiger partial charge on any atom is -0.307 e. The van der Waals surface area contributed by atoms with Gasteiger partial charge in [0.05, 0.1) is 28.8 Å². The fraction of sp³-hybridized carbons (Fsp3) is 0.250. The summed E-state index contributed by atoms with van der Waals surface area (Å²) in [4.78, 5) is 19.3.